The molecular weight excluding hydrogens is 696 g/mol. The fourth-order valence-corrected chi connectivity index (χ4v) is 4.99. The van der Waals surface area contributed by atoms with Crippen LogP contribution in [-0.4, -0.2) is 70.0 Å². The predicted molar refractivity (Wildman–Crippen MR) is 172 cm³/mol. The van der Waals surface area contributed by atoms with Crippen molar-refractivity contribution in [2.45, 2.75) is 39.3 Å². The Labute approximate surface area is 283 Å². The number of pyridine rings is 1. The molecule has 3 heterocycles. The molecule has 0 saturated heterocycles. The number of alkyl halides is 3. The molecule has 49 heavy (non-hydrogen) atoms. The largest absolute Gasteiger partial charge is 0.542 e. The molecule has 0 unspecified atom stereocenters. The lowest BCUT2D eigenvalue weighted by molar-refractivity contribution is -0.676. The van der Waals surface area contributed by atoms with Crippen molar-refractivity contribution in [3.63, 3.8) is 0 Å². The highest BCUT2D eigenvalue weighted by Crippen LogP contribution is 2.36. The van der Waals surface area contributed by atoms with E-state index in [9.17, 15) is 27.3 Å². The van der Waals surface area contributed by atoms with E-state index in [0.29, 0.717) is 38.6 Å². The second kappa shape index (κ2) is 16.6. The number of ether oxygens (including phenoxy) is 2. The molecule has 0 bridgehead atoms. The van der Waals surface area contributed by atoms with Gasteiger partial charge in [0, 0.05) is 24.9 Å². The number of imidazole rings is 1. The van der Waals surface area contributed by atoms with E-state index in [1.165, 1.54) is 6.07 Å². The molecule has 15 nitrogen and oxygen atoms in total. The zero-order valence-corrected chi connectivity index (χ0v) is 28.3. The number of fused-ring (bicyclic) bond motifs is 1. The minimum absolute atomic E-state index is 0.0627. The van der Waals surface area contributed by atoms with Gasteiger partial charge in [-0.1, -0.05) is 17.7 Å². The van der Waals surface area contributed by atoms with Gasteiger partial charge in [0.05, 0.1) is 19.8 Å². The summed E-state index contributed by atoms with van der Waals surface area (Å²) in [6, 6.07) is 10.6. The molecule has 0 aliphatic rings. The number of carboxylic acids is 1. The summed E-state index contributed by atoms with van der Waals surface area (Å²) in [5.41, 5.74) is 13.1. The van der Waals surface area contributed by atoms with Crippen LogP contribution in [0.3, 0.4) is 0 Å². The lowest BCUT2D eigenvalue weighted by Crippen LogP contribution is -2.40. The number of aryl methyl sites for hydroxylation is 1. The summed E-state index contributed by atoms with van der Waals surface area (Å²) in [6.07, 6.45) is -3.36. The molecule has 0 spiro atoms. The van der Waals surface area contributed by atoms with Gasteiger partial charge >= 0.3 is 6.18 Å². The molecule has 20 heteroatoms. The summed E-state index contributed by atoms with van der Waals surface area (Å²) in [5.74, 6) is -2.40. The molecule has 5 N–H and O–H groups in total. The van der Waals surface area contributed by atoms with Gasteiger partial charge in [-0.25, -0.2) is 19.1 Å². The number of nitrogens with zero attached hydrogens (tertiary/aromatic N) is 5. The Hall–Kier alpha value is -4.67. The molecule has 3 aromatic heterocycles. The lowest BCUT2D eigenvalue weighted by atomic mass is 10.3. The zero-order valence-electron chi connectivity index (χ0n) is 26.7. The van der Waals surface area contributed by atoms with E-state index in [1.54, 1.807) is 36.2 Å². The van der Waals surface area contributed by atoms with Gasteiger partial charge in [-0.15, -0.1) is 0 Å². The van der Waals surface area contributed by atoms with Crippen LogP contribution in [0.25, 0.3) is 11.0 Å². The molecule has 0 aliphatic carbocycles. The fourth-order valence-electron chi connectivity index (χ4n) is 4.40. The number of nitrogens with one attached hydrogen (secondary N) is 1. The van der Waals surface area contributed by atoms with Crippen molar-refractivity contribution >= 4 is 53.3 Å². The van der Waals surface area contributed by atoms with E-state index in [2.05, 4.69) is 19.9 Å². The number of carbonyl (C=O) groups excluding carboxylic acids is 2. The number of halogens is 4. The number of anilines is 2. The number of aromatic nitrogens is 5. The maximum Gasteiger partial charge on any atom is 0.430 e. The number of nitrogens with two attached hydrogens (primary N) is 2. The van der Waals surface area contributed by atoms with Crippen molar-refractivity contribution in [1.82, 2.24) is 24.4 Å². The molecular formula is C29H35ClF3N8O7P. The number of hydrogen-bond donors (Lipinski definition) is 3. The number of aliphatic carboxylic acids is 1. The average Bonchev–Trinajstić information content (AvgIpc) is 3.32. The number of carbonyl (C=O) groups is 2. The topological polar surface area (TPSA) is 213 Å². The number of nitrogen functional groups attached to an aromatic ring is 2. The van der Waals surface area contributed by atoms with E-state index in [0.717, 1.165) is 16.9 Å². The van der Waals surface area contributed by atoms with Gasteiger partial charge in [0.15, 0.2) is 33.5 Å². The van der Waals surface area contributed by atoms with Crippen LogP contribution in [0.15, 0.2) is 47.4 Å². The maximum atomic E-state index is 13.0. The summed E-state index contributed by atoms with van der Waals surface area (Å²) < 4.78 is 61.2. The molecule has 0 saturated carbocycles. The Morgan fingerprint density at radius 3 is 2.39 bits per heavy atom. The first-order chi connectivity index (χ1) is 22.9. The Balaban J connectivity index is 0.000000838. The second-order valence-corrected chi connectivity index (χ2v) is 14.5. The van der Waals surface area contributed by atoms with Gasteiger partial charge in [-0.3, -0.25) is 9.59 Å². The van der Waals surface area contributed by atoms with Gasteiger partial charge < -0.3 is 45.3 Å². The molecule has 0 aliphatic heterocycles. The Morgan fingerprint density at radius 1 is 1.10 bits per heavy atom. The Morgan fingerprint density at radius 2 is 1.78 bits per heavy atom. The van der Waals surface area contributed by atoms with Gasteiger partial charge in [0.25, 0.3) is 17.3 Å². The van der Waals surface area contributed by atoms with E-state index >= 15 is 0 Å². The molecule has 4 rings (SSSR count). The summed E-state index contributed by atoms with van der Waals surface area (Å²) in [5, 5.41) is 11.5. The third-order valence-corrected chi connectivity index (χ3v) is 7.63. The summed E-state index contributed by atoms with van der Waals surface area (Å²) in [7, 11) is -2.39. The van der Waals surface area contributed by atoms with Gasteiger partial charge in [-0.2, -0.15) is 13.2 Å². The quantitative estimate of drug-likeness (QED) is 0.102. The molecule has 1 aromatic carbocycles. The highest BCUT2D eigenvalue weighted by molar-refractivity contribution is 7.62. The van der Waals surface area contributed by atoms with Crippen LogP contribution in [0.1, 0.15) is 23.2 Å². The Bertz CT molecular complexity index is 1910. The van der Waals surface area contributed by atoms with Gasteiger partial charge in [0.1, 0.15) is 38.3 Å². The van der Waals surface area contributed by atoms with Crippen LogP contribution in [0, 0.1) is 0 Å². The first-order valence-electron chi connectivity index (χ1n) is 14.5. The monoisotopic (exact) mass is 730 g/mol. The average molecular weight is 731 g/mol. The fraction of sp³-hybridized carbons (Fsp3) is 0.379. The van der Waals surface area contributed by atoms with Crippen molar-refractivity contribution in [2.24, 2.45) is 0 Å². The van der Waals surface area contributed by atoms with Crippen molar-refractivity contribution < 1.29 is 46.5 Å². The first kappa shape index (κ1) is 38.8. The predicted octanol–water partition coefficient (Wildman–Crippen LogP) is 1.62. The van der Waals surface area contributed by atoms with Crippen LogP contribution in [0.5, 0.6) is 5.75 Å². The van der Waals surface area contributed by atoms with Crippen LogP contribution >= 0.6 is 18.7 Å². The van der Waals surface area contributed by atoms with E-state index < -0.39 is 25.2 Å². The summed E-state index contributed by atoms with van der Waals surface area (Å²) >= 11 is 5.97. The second-order valence-electron chi connectivity index (χ2n) is 10.8. The van der Waals surface area contributed by atoms with Crippen LogP contribution in [0.2, 0.25) is 5.15 Å². The number of rotatable bonds is 13. The van der Waals surface area contributed by atoms with Crippen molar-refractivity contribution in [3.8, 4) is 5.75 Å². The highest BCUT2D eigenvalue weighted by atomic mass is 35.5. The minimum Gasteiger partial charge on any atom is -0.542 e. The summed E-state index contributed by atoms with van der Waals surface area (Å²) in [6.45, 7) is 7.63. The van der Waals surface area contributed by atoms with Gasteiger partial charge in [0.2, 0.25) is 0 Å². The molecule has 4 aromatic rings. The highest BCUT2D eigenvalue weighted by Gasteiger charge is 2.29. The minimum atomic E-state index is -5.19. The van der Waals surface area contributed by atoms with Crippen LogP contribution in [-0.2, 0) is 40.3 Å². The molecule has 266 valence electrons. The van der Waals surface area contributed by atoms with E-state index in [-0.39, 0.29) is 40.9 Å². The summed E-state index contributed by atoms with van der Waals surface area (Å²) in [4.78, 5) is 41.6. The third-order valence-electron chi connectivity index (χ3n) is 6.60. The van der Waals surface area contributed by atoms with Crippen molar-refractivity contribution in [1.29, 1.82) is 0 Å². The third kappa shape index (κ3) is 10.9. The Kier molecular flexibility index (Phi) is 13.2. The van der Waals surface area contributed by atoms with Crippen molar-refractivity contribution in [2.75, 3.05) is 44.4 Å². The lowest BCUT2D eigenvalue weighted by Gasteiger charge is -2.10. The van der Waals surface area contributed by atoms with Crippen LogP contribution < -0.4 is 36.8 Å². The standard InChI is InChI=1S/C27H34ClN8O5P.C2HF3O2/c1-4-35-19-9-8-18(41-17-42(2,3)39)15-20(19)36(12-14-40-13-11-34-10-6-5-7-22(34)37)21(35)16-31-27(38)23-25(29)33-26(30)24(28)32-23;3-2(4,5)1(6)7/h5-10,15H,4,11-14,16-17H2,1-3H3,(H4-,29,30,31,33,38);(H,6,7). The van der Waals surface area contributed by atoms with Gasteiger partial charge in [-0.05, 0) is 38.5 Å². The maximum absolute atomic E-state index is 13.0. The zero-order chi connectivity index (χ0) is 36.5. The smallest absolute Gasteiger partial charge is 0.430 e. The molecule has 0 atom stereocenters. The van der Waals surface area contributed by atoms with E-state index in [1.807, 2.05) is 29.7 Å². The normalized spacial score (nSPS) is 11.6. The van der Waals surface area contributed by atoms with Crippen LogP contribution in [0.4, 0.5) is 24.8 Å². The molecule has 0 fully saturated rings. The molecule has 1 amide bonds. The number of carboxylic acid groups (broad SMARTS) is 1. The number of hydrogen-bond acceptors (Lipinski definition) is 11. The number of amides is 1. The molecule has 0 radical (unpaired) electrons. The number of benzene rings is 1. The van der Waals surface area contributed by atoms with E-state index in [4.69, 9.17) is 42.4 Å². The first-order valence-corrected chi connectivity index (χ1v) is 17.7. The SMILES string of the molecule is CC[n+]1c(CNC(=O)c2nc(Cl)c(N)nc2N)n(CCOCCn2ccccc2=O)c2cc(OCP(C)(C)=O)ccc21.O=C([O-])C(F)(F)F. The van der Waals surface area contributed by atoms with Crippen molar-refractivity contribution in [3.05, 3.63) is 69.6 Å².